The molecule has 1 aliphatic rings. The van der Waals surface area contributed by atoms with Gasteiger partial charge in [-0.3, -0.25) is 0 Å². The SMILES string of the molecule is CCCCN(C)CCCCC(C)(CO)NC1CC1. The van der Waals surface area contributed by atoms with E-state index in [2.05, 4.69) is 31.1 Å². The second-order valence-corrected chi connectivity index (χ2v) is 6.25. The highest BCUT2D eigenvalue weighted by atomic mass is 16.3. The summed E-state index contributed by atoms with van der Waals surface area (Å²) in [5.41, 5.74) is -0.0524. The molecular weight excluding hydrogens is 224 g/mol. The average molecular weight is 256 g/mol. The third-order valence-corrected chi connectivity index (χ3v) is 3.89. The van der Waals surface area contributed by atoms with E-state index in [0.717, 1.165) is 6.42 Å². The molecule has 1 fully saturated rings. The number of hydrogen-bond acceptors (Lipinski definition) is 3. The molecule has 3 nitrogen and oxygen atoms in total. The molecule has 0 aromatic rings. The number of aliphatic hydroxyl groups excluding tert-OH is 1. The smallest absolute Gasteiger partial charge is 0.0610 e. The predicted molar refractivity (Wildman–Crippen MR) is 77.9 cm³/mol. The maximum absolute atomic E-state index is 9.51. The predicted octanol–water partition coefficient (Wildman–Crippen LogP) is 2.39. The van der Waals surface area contributed by atoms with Crippen molar-refractivity contribution in [3.05, 3.63) is 0 Å². The summed E-state index contributed by atoms with van der Waals surface area (Å²) in [7, 11) is 2.21. The molecule has 1 atom stereocenters. The fraction of sp³-hybridized carbons (Fsp3) is 1.00. The van der Waals surface area contributed by atoms with Crippen molar-refractivity contribution >= 4 is 0 Å². The minimum absolute atomic E-state index is 0.0524. The van der Waals surface area contributed by atoms with E-state index in [4.69, 9.17) is 0 Å². The fourth-order valence-corrected chi connectivity index (χ4v) is 2.35. The topological polar surface area (TPSA) is 35.5 Å². The largest absolute Gasteiger partial charge is 0.394 e. The van der Waals surface area contributed by atoms with Crippen molar-refractivity contribution < 1.29 is 5.11 Å². The van der Waals surface area contributed by atoms with Crippen LogP contribution in [0.4, 0.5) is 0 Å². The van der Waals surface area contributed by atoms with E-state index in [9.17, 15) is 5.11 Å². The summed E-state index contributed by atoms with van der Waals surface area (Å²) in [5.74, 6) is 0. The monoisotopic (exact) mass is 256 g/mol. The van der Waals surface area contributed by atoms with E-state index in [1.165, 1.54) is 51.6 Å². The first-order valence-corrected chi connectivity index (χ1v) is 7.67. The van der Waals surface area contributed by atoms with Gasteiger partial charge in [-0.15, -0.1) is 0 Å². The zero-order valence-corrected chi connectivity index (χ0v) is 12.5. The van der Waals surface area contributed by atoms with Crippen LogP contribution >= 0.6 is 0 Å². The van der Waals surface area contributed by atoms with Crippen LogP contribution in [0, 0.1) is 0 Å². The van der Waals surface area contributed by atoms with Crippen molar-refractivity contribution in [1.82, 2.24) is 10.2 Å². The molecule has 108 valence electrons. The first-order chi connectivity index (χ1) is 8.59. The number of aliphatic hydroxyl groups is 1. The molecule has 0 aromatic carbocycles. The minimum atomic E-state index is -0.0524. The molecule has 1 unspecified atom stereocenters. The van der Waals surface area contributed by atoms with E-state index in [-0.39, 0.29) is 12.1 Å². The van der Waals surface area contributed by atoms with Gasteiger partial charge in [-0.05, 0) is 59.2 Å². The third-order valence-electron chi connectivity index (χ3n) is 3.89. The van der Waals surface area contributed by atoms with Gasteiger partial charge < -0.3 is 15.3 Å². The van der Waals surface area contributed by atoms with E-state index >= 15 is 0 Å². The minimum Gasteiger partial charge on any atom is -0.394 e. The quantitative estimate of drug-likeness (QED) is 0.557. The van der Waals surface area contributed by atoms with Gasteiger partial charge in [0.1, 0.15) is 0 Å². The standard InChI is InChI=1S/C15H32N2O/c1-4-5-11-17(3)12-7-6-10-15(2,13-18)16-14-8-9-14/h14,16,18H,4-13H2,1-3H3. The molecule has 18 heavy (non-hydrogen) atoms. The Balaban J connectivity index is 2.07. The number of unbranched alkanes of at least 4 members (excludes halogenated alkanes) is 2. The molecule has 0 amide bonds. The molecule has 0 heterocycles. The van der Waals surface area contributed by atoms with Gasteiger partial charge in [-0.2, -0.15) is 0 Å². The molecule has 1 aliphatic carbocycles. The Hall–Kier alpha value is -0.120. The molecule has 0 bridgehead atoms. The normalized spacial score (nSPS) is 19.2. The Labute approximate surface area is 113 Å². The highest BCUT2D eigenvalue weighted by molar-refractivity contribution is 4.92. The fourth-order valence-electron chi connectivity index (χ4n) is 2.35. The number of rotatable bonds is 11. The van der Waals surface area contributed by atoms with E-state index < -0.39 is 0 Å². The molecule has 2 N–H and O–H groups in total. The van der Waals surface area contributed by atoms with Crippen LogP contribution in [0.5, 0.6) is 0 Å². The van der Waals surface area contributed by atoms with Crippen molar-refractivity contribution in [2.45, 2.75) is 70.4 Å². The van der Waals surface area contributed by atoms with Gasteiger partial charge in [0.2, 0.25) is 0 Å². The summed E-state index contributed by atoms with van der Waals surface area (Å²) in [6.45, 7) is 7.06. The summed E-state index contributed by atoms with van der Waals surface area (Å²) < 4.78 is 0. The Morgan fingerprint density at radius 1 is 1.22 bits per heavy atom. The van der Waals surface area contributed by atoms with Crippen molar-refractivity contribution in [2.75, 3.05) is 26.7 Å². The van der Waals surface area contributed by atoms with E-state index in [1.54, 1.807) is 0 Å². The van der Waals surface area contributed by atoms with Crippen LogP contribution in [-0.2, 0) is 0 Å². The highest BCUT2D eigenvalue weighted by Crippen LogP contribution is 2.24. The molecule has 0 saturated heterocycles. The molecule has 3 heteroatoms. The molecule has 0 aromatic heterocycles. The lowest BCUT2D eigenvalue weighted by Crippen LogP contribution is -2.46. The highest BCUT2D eigenvalue weighted by Gasteiger charge is 2.31. The van der Waals surface area contributed by atoms with Gasteiger partial charge in [-0.25, -0.2) is 0 Å². The maximum Gasteiger partial charge on any atom is 0.0610 e. The number of nitrogens with one attached hydrogen (secondary N) is 1. The number of hydrogen-bond donors (Lipinski definition) is 2. The molecule has 1 saturated carbocycles. The van der Waals surface area contributed by atoms with E-state index in [0.29, 0.717) is 6.04 Å². The Bertz CT molecular complexity index is 219. The first kappa shape index (κ1) is 15.9. The second kappa shape index (κ2) is 8.13. The summed E-state index contributed by atoms with van der Waals surface area (Å²) in [6, 6.07) is 0.675. The number of nitrogens with zero attached hydrogens (tertiary/aromatic N) is 1. The Morgan fingerprint density at radius 2 is 1.89 bits per heavy atom. The zero-order chi connectivity index (χ0) is 13.4. The molecule has 1 rings (SSSR count). The molecule has 0 aliphatic heterocycles. The molecular formula is C15H32N2O. The van der Waals surface area contributed by atoms with Crippen LogP contribution in [0.1, 0.15) is 58.8 Å². The Kier molecular flexibility index (Phi) is 7.20. The van der Waals surface area contributed by atoms with Crippen LogP contribution in [0.25, 0.3) is 0 Å². The third kappa shape index (κ3) is 6.72. The van der Waals surface area contributed by atoms with Gasteiger partial charge in [0.25, 0.3) is 0 Å². The van der Waals surface area contributed by atoms with Gasteiger partial charge in [0, 0.05) is 11.6 Å². The van der Waals surface area contributed by atoms with Crippen molar-refractivity contribution in [2.24, 2.45) is 0 Å². The second-order valence-electron chi connectivity index (χ2n) is 6.25. The maximum atomic E-state index is 9.51. The van der Waals surface area contributed by atoms with E-state index in [1.807, 2.05) is 0 Å². The lowest BCUT2D eigenvalue weighted by Gasteiger charge is -2.29. The van der Waals surface area contributed by atoms with Crippen molar-refractivity contribution in [3.63, 3.8) is 0 Å². The summed E-state index contributed by atoms with van der Waals surface area (Å²) >= 11 is 0. The van der Waals surface area contributed by atoms with Gasteiger partial charge in [0.15, 0.2) is 0 Å². The lowest BCUT2D eigenvalue weighted by atomic mass is 9.95. The van der Waals surface area contributed by atoms with Crippen molar-refractivity contribution in [3.8, 4) is 0 Å². The summed E-state index contributed by atoms with van der Waals surface area (Å²) in [5, 5.41) is 13.1. The van der Waals surface area contributed by atoms with Crippen LogP contribution in [-0.4, -0.2) is 48.3 Å². The average Bonchev–Trinajstić information content (AvgIpc) is 3.16. The van der Waals surface area contributed by atoms with Crippen LogP contribution < -0.4 is 5.32 Å². The van der Waals surface area contributed by atoms with Crippen LogP contribution in [0.2, 0.25) is 0 Å². The van der Waals surface area contributed by atoms with Gasteiger partial charge >= 0.3 is 0 Å². The zero-order valence-electron chi connectivity index (χ0n) is 12.5. The molecule has 0 radical (unpaired) electrons. The first-order valence-electron chi connectivity index (χ1n) is 7.67. The summed E-state index contributed by atoms with van der Waals surface area (Å²) in [4.78, 5) is 2.42. The van der Waals surface area contributed by atoms with Crippen LogP contribution in [0.3, 0.4) is 0 Å². The molecule has 0 spiro atoms. The van der Waals surface area contributed by atoms with Crippen molar-refractivity contribution in [1.29, 1.82) is 0 Å². The lowest BCUT2D eigenvalue weighted by molar-refractivity contribution is 0.159. The summed E-state index contributed by atoms with van der Waals surface area (Å²) in [6.07, 6.45) is 8.67. The van der Waals surface area contributed by atoms with Gasteiger partial charge in [0.05, 0.1) is 6.61 Å². The van der Waals surface area contributed by atoms with Gasteiger partial charge in [-0.1, -0.05) is 19.8 Å². The van der Waals surface area contributed by atoms with Crippen LogP contribution in [0.15, 0.2) is 0 Å². The Morgan fingerprint density at radius 3 is 2.44 bits per heavy atom.